The normalized spacial score (nSPS) is 13.7. The summed E-state index contributed by atoms with van der Waals surface area (Å²) in [5.41, 5.74) is 7.25. The first-order valence-corrected chi connectivity index (χ1v) is 6.94. The van der Waals surface area contributed by atoms with Crippen LogP contribution in [0, 0.1) is 27.7 Å². The molecule has 0 saturated heterocycles. The van der Waals surface area contributed by atoms with Crippen LogP contribution in [0.2, 0.25) is 0 Å². The molecular weight excluding hydrogens is 248 g/mol. The lowest BCUT2D eigenvalue weighted by atomic mass is 9.92. The Kier molecular flexibility index (Phi) is 3.06. The first kappa shape index (κ1) is 13.2. The fraction of sp³-hybridized carbons (Fsp3) is 0.333. The Balaban J connectivity index is 2.22. The first-order chi connectivity index (χ1) is 9.51. The summed E-state index contributed by atoms with van der Waals surface area (Å²) in [6.45, 7) is 8.46. The van der Waals surface area contributed by atoms with Gasteiger partial charge >= 0.3 is 0 Å². The van der Waals surface area contributed by atoms with Gasteiger partial charge in [-0.25, -0.2) is 0 Å². The summed E-state index contributed by atoms with van der Waals surface area (Å²) in [5.74, 6) is 1.83. The molecule has 1 aliphatic heterocycles. The number of hydrogen-bond donors (Lipinski definition) is 0. The quantitative estimate of drug-likeness (QED) is 0.742. The molecule has 3 rings (SSSR count). The fourth-order valence-corrected chi connectivity index (χ4v) is 2.75. The second-order valence-corrected chi connectivity index (χ2v) is 5.67. The number of methoxy groups -OCH3 is 1. The minimum atomic E-state index is -0.0488. The van der Waals surface area contributed by atoms with E-state index in [9.17, 15) is 0 Å². The highest BCUT2D eigenvalue weighted by atomic mass is 16.5. The number of hydrogen-bond acceptors (Lipinski definition) is 2. The summed E-state index contributed by atoms with van der Waals surface area (Å²) < 4.78 is 11.9. The molecule has 0 radical (unpaired) electrons. The van der Waals surface area contributed by atoms with Gasteiger partial charge in [0.2, 0.25) is 0 Å². The molecule has 2 aromatic carbocycles. The molecule has 104 valence electrons. The maximum Gasteiger partial charge on any atom is 0.133 e. The van der Waals surface area contributed by atoms with Crippen LogP contribution in [0.25, 0.3) is 0 Å². The highest BCUT2D eigenvalue weighted by Crippen LogP contribution is 2.46. The van der Waals surface area contributed by atoms with Gasteiger partial charge in [0.15, 0.2) is 0 Å². The fourth-order valence-electron chi connectivity index (χ4n) is 2.75. The number of fused-ring (bicyclic) bond motifs is 2. The summed E-state index contributed by atoms with van der Waals surface area (Å²) in [6, 6.07) is 8.57. The van der Waals surface area contributed by atoms with Gasteiger partial charge in [0.1, 0.15) is 17.6 Å². The molecule has 0 amide bonds. The Morgan fingerprint density at radius 1 is 0.750 bits per heavy atom. The zero-order valence-electron chi connectivity index (χ0n) is 12.7. The van der Waals surface area contributed by atoms with Crippen molar-refractivity contribution in [3.8, 4) is 11.5 Å². The Morgan fingerprint density at radius 2 is 1.15 bits per heavy atom. The maximum absolute atomic E-state index is 6.10. The van der Waals surface area contributed by atoms with Crippen LogP contribution in [-0.2, 0) is 4.74 Å². The zero-order valence-corrected chi connectivity index (χ0v) is 12.7. The van der Waals surface area contributed by atoms with E-state index in [4.69, 9.17) is 9.47 Å². The van der Waals surface area contributed by atoms with Crippen LogP contribution in [0.1, 0.15) is 39.5 Å². The Morgan fingerprint density at radius 3 is 1.55 bits per heavy atom. The molecule has 0 fully saturated rings. The summed E-state index contributed by atoms with van der Waals surface area (Å²) in [6.07, 6.45) is -0.0488. The van der Waals surface area contributed by atoms with Gasteiger partial charge in [0.05, 0.1) is 0 Å². The van der Waals surface area contributed by atoms with Crippen molar-refractivity contribution in [3.05, 3.63) is 57.6 Å². The third-order valence-electron chi connectivity index (χ3n) is 4.27. The van der Waals surface area contributed by atoms with Gasteiger partial charge in [0.25, 0.3) is 0 Å². The van der Waals surface area contributed by atoms with Gasteiger partial charge in [-0.1, -0.05) is 0 Å². The topological polar surface area (TPSA) is 18.5 Å². The lowest BCUT2D eigenvalue weighted by Gasteiger charge is -2.29. The van der Waals surface area contributed by atoms with Crippen molar-refractivity contribution in [1.82, 2.24) is 0 Å². The summed E-state index contributed by atoms with van der Waals surface area (Å²) in [4.78, 5) is 0. The minimum absolute atomic E-state index is 0.0488. The van der Waals surface area contributed by atoms with Crippen molar-refractivity contribution < 1.29 is 9.47 Å². The first-order valence-electron chi connectivity index (χ1n) is 6.94. The molecule has 0 atom stereocenters. The molecule has 1 heterocycles. The molecule has 0 N–H and O–H groups in total. The van der Waals surface area contributed by atoms with Crippen molar-refractivity contribution in [2.75, 3.05) is 7.11 Å². The average Bonchev–Trinajstić information content (AvgIpc) is 2.40. The van der Waals surface area contributed by atoms with Crippen LogP contribution in [0.3, 0.4) is 0 Å². The number of aryl methyl sites for hydroxylation is 4. The molecule has 0 aliphatic carbocycles. The van der Waals surface area contributed by atoms with Gasteiger partial charge in [-0.15, -0.1) is 0 Å². The standard InChI is InChI=1S/C18H20O2/c1-10-6-14-16(8-12(10)3)20-17-9-13(4)11(2)7-15(17)18(14)19-5/h6-9,18H,1-5H3. The second-order valence-electron chi connectivity index (χ2n) is 5.67. The van der Waals surface area contributed by atoms with E-state index in [0.717, 1.165) is 22.6 Å². The van der Waals surface area contributed by atoms with E-state index in [1.165, 1.54) is 22.3 Å². The summed E-state index contributed by atoms with van der Waals surface area (Å²) in [7, 11) is 1.76. The monoisotopic (exact) mass is 268 g/mol. The van der Waals surface area contributed by atoms with Crippen molar-refractivity contribution in [2.45, 2.75) is 33.8 Å². The molecule has 0 bridgehead atoms. The van der Waals surface area contributed by atoms with Crippen LogP contribution in [0.4, 0.5) is 0 Å². The maximum atomic E-state index is 6.10. The van der Waals surface area contributed by atoms with Crippen molar-refractivity contribution in [3.63, 3.8) is 0 Å². The molecule has 2 heteroatoms. The second kappa shape index (κ2) is 4.64. The Labute approximate surface area is 120 Å². The lowest BCUT2D eigenvalue weighted by Crippen LogP contribution is -2.13. The van der Waals surface area contributed by atoms with E-state index in [-0.39, 0.29) is 6.10 Å². The lowest BCUT2D eigenvalue weighted by molar-refractivity contribution is 0.126. The van der Waals surface area contributed by atoms with E-state index in [2.05, 4.69) is 52.0 Å². The Bertz CT molecular complexity index is 629. The molecule has 0 spiro atoms. The predicted molar refractivity (Wildman–Crippen MR) is 80.8 cm³/mol. The molecule has 2 aromatic rings. The molecule has 0 aromatic heterocycles. The van der Waals surface area contributed by atoms with Crippen molar-refractivity contribution in [1.29, 1.82) is 0 Å². The number of rotatable bonds is 1. The smallest absolute Gasteiger partial charge is 0.133 e. The molecular formula is C18H20O2. The van der Waals surface area contributed by atoms with Crippen molar-refractivity contribution >= 4 is 0 Å². The van der Waals surface area contributed by atoms with Crippen molar-refractivity contribution in [2.24, 2.45) is 0 Å². The number of benzene rings is 2. The van der Waals surface area contributed by atoms with Gasteiger partial charge in [0, 0.05) is 18.2 Å². The Hall–Kier alpha value is -1.80. The van der Waals surface area contributed by atoms with Crippen LogP contribution in [-0.4, -0.2) is 7.11 Å². The van der Waals surface area contributed by atoms with Crippen LogP contribution in [0.15, 0.2) is 24.3 Å². The van der Waals surface area contributed by atoms with E-state index in [0.29, 0.717) is 0 Å². The van der Waals surface area contributed by atoms with E-state index in [1.807, 2.05) is 0 Å². The third kappa shape index (κ3) is 1.92. The SMILES string of the molecule is COC1c2cc(C)c(C)cc2Oc2cc(C)c(C)cc21. The summed E-state index contributed by atoms with van der Waals surface area (Å²) >= 11 is 0. The van der Waals surface area contributed by atoms with Gasteiger partial charge in [-0.3, -0.25) is 0 Å². The highest BCUT2D eigenvalue weighted by Gasteiger charge is 2.28. The molecule has 0 saturated carbocycles. The minimum Gasteiger partial charge on any atom is -0.457 e. The molecule has 0 unspecified atom stereocenters. The largest absolute Gasteiger partial charge is 0.457 e. The van der Waals surface area contributed by atoms with Gasteiger partial charge < -0.3 is 9.47 Å². The van der Waals surface area contributed by atoms with E-state index in [1.54, 1.807) is 7.11 Å². The van der Waals surface area contributed by atoms with E-state index < -0.39 is 0 Å². The zero-order chi connectivity index (χ0) is 14.4. The van der Waals surface area contributed by atoms with Crippen LogP contribution < -0.4 is 4.74 Å². The van der Waals surface area contributed by atoms with Gasteiger partial charge in [-0.2, -0.15) is 0 Å². The average molecular weight is 268 g/mol. The summed E-state index contributed by atoms with van der Waals surface area (Å²) in [5, 5.41) is 0. The molecule has 20 heavy (non-hydrogen) atoms. The predicted octanol–water partition coefficient (Wildman–Crippen LogP) is 4.76. The molecule has 2 nitrogen and oxygen atoms in total. The van der Waals surface area contributed by atoms with Crippen LogP contribution >= 0.6 is 0 Å². The van der Waals surface area contributed by atoms with E-state index >= 15 is 0 Å². The highest BCUT2D eigenvalue weighted by molar-refractivity contribution is 5.56. The number of ether oxygens (including phenoxy) is 2. The third-order valence-corrected chi connectivity index (χ3v) is 4.27. The van der Waals surface area contributed by atoms with Crippen LogP contribution in [0.5, 0.6) is 11.5 Å². The molecule has 1 aliphatic rings. The van der Waals surface area contributed by atoms with Gasteiger partial charge in [-0.05, 0) is 74.2 Å².